The molecule has 0 aliphatic carbocycles. The van der Waals surface area contributed by atoms with Crippen LogP contribution in [0.5, 0.6) is 0 Å². The van der Waals surface area contributed by atoms with Gasteiger partial charge in [0.05, 0.1) is 11.9 Å². The lowest BCUT2D eigenvalue weighted by molar-refractivity contribution is 0.628. The maximum Gasteiger partial charge on any atom is 0.154 e. The predicted octanol–water partition coefficient (Wildman–Crippen LogP) is 3.69. The summed E-state index contributed by atoms with van der Waals surface area (Å²) in [5.74, 6) is 0.785. The zero-order valence-electron chi connectivity index (χ0n) is 10.4. The number of aromatic nitrogens is 1. The Morgan fingerprint density at radius 2 is 1.94 bits per heavy atom. The first-order valence-electron chi connectivity index (χ1n) is 5.86. The smallest absolute Gasteiger partial charge is 0.154 e. The molecule has 0 bridgehead atoms. The van der Waals surface area contributed by atoms with Gasteiger partial charge in [-0.15, -0.1) is 0 Å². The molecule has 3 rings (SSSR count). The minimum Gasteiger partial charge on any atom is -0.454 e. The van der Waals surface area contributed by atoms with E-state index in [-0.39, 0.29) is 0 Å². The van der Waals surface area contributed by atoms with Gasteiger partial charge in [-0.1, -0.05) is 11.6 Å². The molecule has 0 fully saturated rings. The molecule has 3 nitrogen and oxygen atoms in total. The number of anilines is 1. The van der Waals surface area contributed by atoms with E-state index >= 15 is 0 Å². The molecule has 2 aromatic heterocycles. The van der Waals surface area contributed by atoms with E-state index < -0.39 is 0 Å². The molecule has 2 heterocycles. The number of hydrogen-bond acceptors (Lipinski definition) is 3. The Labute approximate surface area is 105 Å². The molecule has 0 unspecified atom stereocenters. The summed E-state index contributed by atoms with van der Waals surface area (Å²) in [6.07, 6.45) is 1.65. The highest BCUT2D eigenvalue weighted by atomic mass is 16.3. The van der Waals surface area contributed by atoms with Crippen molar-refractivity contribution in [2.75, 3.05) is 5.73 Å². The van der Waals surface area contributed by atoms with Crippen molar-refractivity contribution in [2.45, 2.75) is 13.8 Å². The van der Waals surface area contributed by atoms with E-state index in [9.17, 15) is 0 Å². The molecule has 0 saturated carbocycles. The highest BCUT2D eigenvalue weighted by Gasteiger charge is 2.10. The van der Waals surface area contributed by atoms with Crippen LogP contribution < -0.4 is 5.73 Å². The van der Waals surface area contributed by atoms with Gasteiger partial charge >= 0.3 is 0 Å². The average Bonchev–Trinajstić information content (AvgIpc) is 2.71. The summed E-state index contributed by atoms with van der Waals surface area (Å²) >= 11 is 0. The number of furan rings is 1. The number of nitrogen functional groups attached to an aromatic ring is 1. The Balaban J connectivity index is 2.19. The van der Waals surface area contributed by atoms with Crippen LogP contribution >= 0.6 is 0 Å². The maximum absolute atomic E-state index is 5.83. The van der Waals surface area contributed by atoms with Crippen molar-refractivity contribution in [3.63, 3.8) is 0 Å². The molecule has 0 aliphatic heterocycles. The summed E-state index contributed by atoms with van der Waals surface area (Å²) in [6.45, 7) is 4.05. The minimum atomic E-state index is 0.670. The quantitative estimate of drug-likeness (QED) is 0.703. The van der Waals surface area contributed by atoms with Crippen molar-refractivity contribution >= 4 is 16.7 Å². The summed E-state index contributed by atoms with van der Waals surface area (Å²) in [6, 6.07) is 10.1. The molecule has 3 aromatic rings. The third-order valence-electron chi connectivity index (χ3n) is 3.00. The molecule has 1 aromatic carbocycles. The van der Waals surface area contributed by atoms with Crippen molar-refractivity contribution in [2.24, 2.45) is 0 Å². The van der Waals surface area contributed by atoms with Crippen molar-refractivity contribution in [1.82, 2.24) is 4.98 Å². The molecule has 90 valence electrons. The molecule has 0 radical (unpaired) electrons. The molecule has 0 saturated heterocycles. The van der Waals surface area contributed by atoms with Gasteiger partial charge in [-0.05, 0) is 43.7 Å². The lowest BCUT2D eigenvalue weighted by Crippen LogP contribution is -1.91. The molecule has 2 N–H and O–H groups in total. The van der Waals surface area contributed by atoms with Crippen LogP contribution in [0.2, 0.25) is 0 Å². The SMILES string of the molecule is Cc1ccc2oc(-c3ncc(N)cc3C)cc2c1. The third kappa shape index (κ3) is 1.74. The van der Waals surface area contributed by atoms with Crippen LogP contribution in [0.15, 0.2) is 40.9 Å². The summed E-state index contributed by atoms with van der Waals surface area (Å²) < 4.78 is 5.83. The van der Waals surface area contributed by atoms with Gasteiger partial charge in [-0.2, -0.15) is 0 Å². The second kappa shape index (κ2) is 3.88. The molecule has 0 amide bonds. The normalized spacial score (nSPS) is 11.0. The van der Waals surface area contributed by atoms with Crippen LogP contribution in [-0.4, -0.2) is 4.98 Å². The summed E-state index contributed by atoms with van der Waals surface area (Å²) in [7, 11) is 0. The molecule has 0 spiro atoms. The molecular weight excluding hydrogens is 224 g/mol. The van der Waals surface area contributed by atoms with E-state index in [2.05, 4.69) is 18.0 Å². The van der Waals surface area contributed by atoms with Gasteiger partial charge in [0.25, 0.3) is 0 Å². The number of hydrogen-bond donors (Lipinski definition) is 1. The van der Waals surface area contributed by atoms with Gasteiger partial charge in [0.2, 0.25) is 0 Å². The molecular formula is C15H14N2O. The van der Waals surface area contributed by atoms with E-state index in [1.165, 1.54) is 5.56 Å². The molecule has 0 aliphatic rings. The predicted molar refractivity (Wildman–Crippen MR) is 73.3 cm³/mol. The first kappa shape index (κ1) is 10.8. The number of aryl methyl sites for hydroxylation is 2. The summed E-state index contributed by atoms with van der Waals surface area (Å²) in [4.78, 5) is 4.35. The van der Waals surface area contributed by atoms with E-state index in [1.807, 2.05) is 31.2 Å². The highest BCUT2D eigenvalue weighted by Crippen LogP contribution is 2.29. The lowest BCUT2D eigenvalue weighted by atomic mass is 10.1. The van der Waals surface area contributed by atoms with Crippen LogP contribution in [0.4, 0.5) is 5.69 Å². The van der Waals surface area contributed by atoms with Gasteiger partial charge in [0.1, 0.15) is 11.3 Å². The van der Waals surface area contributed by atoms with Crippen LogP contribution in [0.1, 0.15) is 11.1 Å². The molecule has 18 heavy (non-hydrogen) atoms. The zero-order chi connectivity index (χ0) is 12.7. The van der Waals surface area contributed by atoms with E-state index in [0.29, 0.717) is 5.69 Å². The standard InChI is InChI=1S/C15H14N2O/c1-9-3-4-13-11(5-9)7-14(18-13)15-10(2)6-12(16)8-17-15/h3-8H,16H2,1-2H3. The summed E-state index contributed by atoms with van der Waals surface area (Å²) in [5, 5.41) is 1.10. The average molecular weight is 238 g/mol. The van der Waals surface area contributed by atoms with Gasteiger partial charge < -0.3 is 10.2 Å². The van der Waals surface area contributed by atoms with Crippen LogP contribution in [0, 0.1) is 13.8 Å². The van der Waals surface area contributed by atoms with Crippen molar-refractivity contribution in [1.29, 1.82) is 0 Å². The van der Waals surface area contributed by atoms with Gasteiger partial charge in [0, 0.05) is 5.39 Å². The van der Waals surface area contributed by atoms with Crippen LogP contribution in [0.25, 0.3) is 22.4 Å². The van der Waals surface area contributed by atoms with Crippen LogP contribution in [0.3, 0.4) is 0 Å². The second-order valence-electron chi connectivity index (χ2n) is 4.59. The Bertz CT molecular complexity index is 728. The fourth-order valence-electron chi connectivity index (χ4n) is 2.13. The summed E-state index contributed by atoms with van der Waals surface area (Å²) in [5.41, 5.74) is 10.3. The fraction of sp³-hybridized carbons (Fsp3) is 0.133. The largest absolute Gasteiger partial charge is 0.454 e. The van der Waals surface area contributed by atoms with Crippen molar-refractivity contribution in [3.05, 3.63) is 47.7 Å². The minimum absolute atomic E-state index is 0.670. The van der Waals surface area contributed by atoms with Gasteiger partial charge in [0.15, 0.2) is 5.76 Å². The first-order valence-corrected chi connectivity index (χ1v) is 5.86. The molecule has 0 atom stereocenters. The fourth-order valence-corrected chi connectivity index (χ4v) is 2.13. The van der Waals surface area contributed by atoms with Gasteiger partial charge in [-0.3, -0.25) is 4.98 Å². The van der Waals surface area contributed by atoms with Crippen molar-refractivity contribution < 1.29 is 4.42 Å². The Kier molecular flexibility index (Phi) is 2.33. The van der Waals surface area contributed by atoms with Crippen molar-refractivity contribution in [3.8, 4) is 11.5 Å². The number of pyridine rings is 1. The highest BCUT2D eigenvalue weighted by molar-refractivity contribution is 5.83. The number of benzene rings is 1. The number of nitrogens with two attached hydrogens (primary N) is 1. The van der Waals surface area contributed by atoms with E-state index in [0.717, 1.165) is 28.0 Å². The number of fused-ring (bicyclic) bond motifs is 1. The Morgan fingerprint density at radius 1 is 1.11 bits per heavy atom. The topological polar surface area (TPSA) is 52.0 Å². The third-order valence-corrected chi connectivity index (χ3v) is 3.00. The van der Waals surface area contributed by atoms with E-state index in [1.54, 1.807) is 6.20 Å². The monoisotopic (exact) mass is 238 g/mol. The Morgan fingerprint density at radius 3 is 2.72 bits per heavy atom. The number of rotatable bonds is 1. The molecule has 3 heteroatoms. The zero-order valence-corrected chi connectivity index (χ0v) is 10.4. The van der Waals surface area contributed by atoms with Crippen LogP contribution in [-0.2, 0) is 0 Å². The van der Waals surface area contributed by atoms with Gasteiger partial charge in [-0.25, -0.2) is 0 Å². The first-order chi connectivity index (χ1) is 8.63. The lowest BCUT2D eigenvalue weighted by Gasteiger charge is -2.01. The van der Waals surface area contributed by atoms with E-state index in [4.69, 9.17) is 10.2 Å². The maximum atomic E-state index is 5.83. The number of nitrogens with zero attached hydrogens (tertiary/aromatic N) is 1. The second-order valence-corrected chi connectivity index (χ2v) is 4.59. The Hall–Kier alpha value is -2.29.